The van der Waals surface area contributed by atoms with Crippen LogP contribution in [0, 0.1) is 0 Å². The van der Waals surface area contributed by atoms with Gasteiger partial charge in [-0.15, -0.1) is 0 Å². The fraction of sp³-hybridized carbons (Fsp3) is 0.600. The van der Waals surface area contributed by atoms with Crippen LogP contribution in [0.3, 0.4) is 0 Å². The maximum atomic E-state index is 5.42. The highest BCUT2D eigenvalue weighted by Gasteiger charge is 2.26. The minimum atomic E-state index is 0.151. The zero-order chi connectivity index (χ0) is 14.6. The SMILES string of the molecule is COc1cc(CNC2(C)CCOCC2)cc(Br)c1OC. The van der Waals surface area contributed by atoms with Crippen LogP contribution in [0.25, 0.3) is 0 Å². The third-order valence-electron chi connectivity index (χ3n) is 3.81. The zero-order valence-electron chi connectivity index (χ0n) is 12.3. The molecule has 0 aromatic heterocycles. The molecule has 2 rings (SSSR count). The maximum absolute atomic E-state index is 5.42. The Balaban J connectivity index is 2.07. The lowest BCUT2D eigenvalue weighted by atomic mass is 9.92. The first-order valence-electron chi connectivity index (χ1n) is 6.81. The van der Waals surface area contributed by atoms with Crippen molar-refractivity contribution >= 4 is 15.9 Å². The van der Waals surface area contributed by atoms with Crippen molar-refractivity contribution in [2.24, 2.45) is 0 Å². The highest BCUT2D eigenvalue weighted by molar-refractivity contribution is 9.10. The topological polar surface area (TPSA) is 39.7 Å². The molecule has 0 amide bonds. The molecule has 0 atom stereocenters. The number of nitrogens with one attached hydrogen (secondary N) is 1. The third kappa shape index (κ3) is 3.65. The molecule has 1 aliphatic heterocycles. The molecule has 0 radical (unpaired) electrons. The molecule has 4 nitrogen and oxygen atoms in total. The van der Waals surface area contributed by atoms with Crippen LogP contribution in [-0.4, -0.2) is 33.0 Å². The summed E-state index contributed by atoms with van der Waals surface area (Å²) >= 11 is 3.53. The number of rotatable bonds is 5. The summed E-state index contributed by atoms with van der Waals surface area (Å²) in [7, 11) is 3.30. The minimum absolute atomic E-state index is 0.151. The quantitative estimate of drug-likeness (QED) is 0.891. The summed E-state index contributed by atoms with van der Waals surface area (Å²) in [6, 6.07) is 4.08. The Morgan fingerprint density at radius 3 is 2.55 bits per heavy atom. The highest BCUT2D eigenvalue weighted by atomic mass is 79.9. The van der Waals surface area contributed by atoms with E-state index in [0.717, 1.165) is 48.6 Å². The molecule has 0 saturated carbocycles. The van der Waals surface area contributed by atoms with Crippen molar-refractivity contribution in [3.8, 4) is 11.5 Å². The molecule has 112 valence electrons. The van der Waals surface area contributed by atoms with Gasteiger partial charge in [-0.2, -0.15) is 0 Å². The molecule has 0 spiro atoms. The molecule has 1 aliphatic rings. The number of hydrogen-bond donors (Lipinski definition) is 1. The minimum Gasteiger partial charge on any atom is -0.493 e. The summed E-state index contributed by atoms with van der Waals surface area (Å²) in [4.78, 5) is 0. The van der Waals surface area contributed by atoms with Crippen molar-refractivity contribution in [1.82, 2.24) is 5.32 Å². The number of hydrogen-bond acceptors (Lipinski definition) is 4. The Morgan fingerprint density at radius 2 is 1.95 bits per heavy atom. The van der Waals surface area contributed by atoms with Crippen LogP contribution < -0.4 is 14.8 Å². The van der Waals surface area contributed by atoms with E-state index in [1.54, 1.807) is 14.2 Å². The van der Waals surface area contributed by atoms with E-state index >= 15 is 0 Å². The molecular weight excluding hydrogens is 322 g/mol. The lowest BCUT2D eigenvalue weighted by Gasteiger charge is -2.34. The molecule has 1 aromatic carbocycles. The molecule has 1 N–H and O–H groups in total. The Kier molecular flexibility index (Phi) is 5.29. The van der Waals surface area contributed by atoms with Crippen LogP contribution >= 0.6 is 15.9 Å². The second-order valence-corrected chi connectivity index (χ2v) is 6.19. The Labute approximate surface area is 128 Å². The van der Waals surface area contributed by atoms with Crippen LogP contribution in [0.4, 0.5) is 0 Å². The summed E-state index contributed by atoms with van der Waals surface area (Å²) in [5.41, 5.74) is 1.32. The standard InChI is InChI=1S/C15H22BrNO3/c1-15(4-6-20-7-5-15)17-10-11-8-12(16)14(19-3)13(9-11)18-2/h8-9,17H,4-7,10H2,1-3H3. The molecule has 1 fully saturated rings. The van der Waals surface area contributed by atoms with Crippen molar-refractivity contribution in [3.63, 3.8) is 0 Å². The summed E-state index contributed by atoms with van der Waals surface area (Å²) in [5, 5.41) is 3.63. The molecule has 0 bridgehead atoms. The van der Waals surface area contributed by atoms with Gasteiger partial charge in [0.15, 0.2) is 11.5 Å². The predicted octanol–water partition coefficient (Wildman–Crippen LogP) is 3.13. The van der Waals surface area contributed by atoms with Crippen LogP contribution in [0.2, 0.25) is 0 Å². The lowest BCUT2D eigenvalue weighted by molar-refractivity contribution is 0.0446. The van der Waals surface area contributed by atoms with E-state index in [2.05, 4.69) is 34.2 Å². The van der Waals surface area contributed by atoms with Gasteiger partial charge in [-0.25, -0.2) is 0 Å². The molecule has 20 heavy (non-hydrogen) atoms. The van der Waals surface area contributed by atoms with Crippen LogP contribution in [0.1, 0.15) is 25.3 Å². The van der Waals surface area contributed by atoms with Gasteiger partial charge >= 0.3 is 0 Å². The molecule has 5 heteroatoms. The molecule has 1 aromatic rings. The van der Waals surface area contributed by atoms with Gasteiger partial charge < -0.3 is 19.5 Å². The Bertz CT molecular complexity index is 459. The van der Waals surface area contributed by atoms with E-state index < -0.39 is 0 Å². The first kappa shape index (κ1) is 15.6. The van der Waals surface area contributed by atoms with E-state index in [1.165, 1.54) is 5.56 Å². The smallest absolute Gasteiger partial charge is 0.174 e. The number of methoxy groups -OCH3 is 2. The lowest BCUT2D eigenvalue weighted by Crippen LogP contribution is -2.46. The first-order chi connectivity index (χ1) is 9.58. The monoisotopic (exact) mass is 343 g/mol. The predicted molar refractivity (Wildman–Crippen MR) is 82.5 cm³/mol. The van der Waals surface area contributed by atoms with Gasteiger partial charge in [0, 0.05) is 25.3 Å². The third-order valence-corrected chi connectivity index (χ3v) is 4.40. The van der Waals surface area contributed by atoms with Crippen molar-refractivity contribution in [1.29, 1.82) is 0 Å². The summed E-state index contributed by atoms with van der Waals surface area (Å²) in [6.45, 7) is 4.72. The second-order valence-electron chi connectivity index (χ2n) is 5.34. The normalized spacial score (nSPS) is 17.8. The summed E-state index contributed by atoms with van der Waals surface area (Å²) in [5.74, 6) is 1.48. The fourth-order valence-electron chi connectivity index (χ4n) is 2.39. The number of ether oxygens (including phenoxy) is 3. The fourth-order valence-corrected chi connectivity index (χ4v) is 3.04. The average molecular weight is 344 g/mol. The largest absolute Gasteiger partial charge is 0.493 e. The van der Waals surface area contributed by atoms with Crippen LogP contribution in [-0.2, 0) is 11.3 Å². The maximum Gasteiger partial charge on any atom is 0.174 e. The average Bonchev–Trinajstić information content (AvgIpc) is 2.45. The van der Waals surface area contributed by atoms with Gasteiger partial charge in [0.25, 0.3) is 0 Å². The van der Waals surface area contributed by atoms with Crippen molar-refractivity contribution in [3.05, 3.63) is 22.2 Å². The highest BCUT2D eigenvalue weighted by Crippen LogP contribution is 2.36. The molecular formula is C15H22BrNO3. The van der Waals surface area contributed by atoms with Crippen molar-refractivity contribution < 1.29 is 14.2 Å². The number of benzene rings is 1. The van der Waals surface area contributed by atoms with Gasteiger partial charge in [-0.05, 0) is 53.4 Å². The van der Waals surface area contributed by atoms with Gasteiger partial charge in [0.2, 0.25) is 0 Å². The van der Waals surface area contributed by atoms with Crippen LogP contribution in [0.5, 0.6) is 11.5 Å². The van der Waals surface area contributed by atoms with E-state index in [1.807, 2.05) is 6.07 Å². The number of halogens is 1. The molecule has 1 heterocycles. The van der Waals surface area contributed by atoms with Gasteiger partial charge in [-0.1, -0.05) is 0 Å². The van der Waals surface area contributed by atoms with Crippen molar-refractivity contribution in [2.75, 3.05) is 27.4 Å². The zero-order valence-corrected chi connectivity index (χ0v) is 13.9. The van der Waals surface area contributed by atoms with E-state index in [9.17, 15) is 0 Å². The second kappa shape index (κ2) is 6.78. The van der Waals surface area contributed by atoms with Crippen molar-refractivity contribution in [2.45, 2.75) is 31.8 Å². The van der Waals surface area contributed by atoms with E-state index in [4.69, 9.17) is 14.2 Å². The Hall–Kier alpha value is -0.780. The van der Waals surface area contributed by atoms with Gasteiger partial charge in [-0.3, -0.25) is 0 Å². The Morgan fingerprint density at radius 1 is 1.25 bits per heavy atom. The van der Waals surface area contributed by atoms with E-state index in [-0.39, 0.29) is 5.54 Å². The van der Waals surface area contributed by atoms with Gasteiger partial charge in [0.1, 0.15) is 0 Å². The van der Waals surface area contributed by atoms with E-state index in [0.29, 0.717) is 0 Å². The molecule has 0 aliphatic carbocycles. The van der Waals surface area contributed by atoms with Gasteiger partial charge in [0.05, 0.1) is 18.7 Å². The molecule has 1 saturated heterocycles. The van der Waals surface area contributed by atoms with Crippen LogP contribution in [0.15, 0.2) is 16.6 Å². The summed E-state index contributed by atoms with van der Waals surface area (Å²) in [6.07, 6.45) is 2.09. The first-order valence-corrected chi connectivity index (χ1v) is 7.60. The summed E-state index contributed by atoms with van der Waals surface area (Å²) < 4.78 is 17.0. The molecule has 0 unspecified atom stereocenters.